The Labute approximate surface area is 259 Å². The Morgan fingerprint density at radius 1 is 0.400 bits per heavy atom. The molecule has 8 aromatic rings. The summed E-state index contributed by atoms with van der Waals surface area (Å²) in [5, 5.41) is 8.46. The number of alkyl halides is 3. The minimum absolute atomic E-state index is 0.544. The summed E-state index contributed by atoms with van der Waals surface area (Å²) >= 11 is 0. The minimum Gasteiger partial charge on any atom is -0.166 e. The SMILES string of the molecule is Cc1ccc(-c2ccc3c(-c4cc5ccccc5c5ccccc45)c4ccccc4c(-c4cccc(C(F)(F)F)c4)c3c2)cc1. The number of halogens is 3. The van der Waals surface area contributed by atoms with E-state index in [1.54, 1.807) is 6.07 Å². The van der Waals surface area contributed by atoms with Crippen molar-refractivity contribution in [2.24, 2.45) is 0 Å². The second kappa shape index (κ2) is 10.3. The van der Waals surface area contributed by atoms with Crippen LogP contribution in [0.25, 0.3) is 76.5 Å². The summed E-state index contributed by atoms with van der Waals surface area (Å²) < 4.78 is 42.0. The molecule has 0 radical (unpaired) electrons. The molecule has 0 saturated heterocycles. The molecule has 0 amide bonds. The maximum atomic E-state index is 14.0. The molecule has 0 fully saturated rings. The van der Waals surface area contributed by atoms with Crippen LogP contribution in [0.2, 0.25) is 0 Å². The molecular formula is C42H27F3. The van der Waals surface area contributed by atoms with Crippen molar-refractivity contribution >= 4 is 43.1 Å². The van der Waals surface area contributed by atoms with Gasteiger partial charge in [-0.15, -0.1) is 0 Å². The van der Waals surface area contributed by atoms with Gasteiger partial charge in [0.2, 0.25) is 0 Å². The Kier molecular flexibility index (Phi) is 6.25. The van der Waals surface area contributed by atoms with Gasteiger partial charge in [0.25, 0.3) is 0 Å². The maximum Gasteiger partial charge on any atom is 0.416 e. The van der Waals surface area contributed by atoms with E-state index in [4.69, 9.17) is 0 Å². The van der Waals surface area contributed by atoms with Gasteiger partial charge in [0, 0.05) is 0 Å². The first-order chi connectivity index (χ1) is 21.9. The van der Waals surface area contributed by atoms with Crippen molar-refractivity contribution < 1.29 is 13.2 Å². The van der Waals surface area contributed by atoms with Gasteiger partial charge in [-0.1, -0.05) is 127 Å². The van der Waals surface area contributed by atoms with Gasteiger partial charge in [0.1, 0.15) is 0 Å². The molecule has 0 unspecified atom stereocenters. The Balaban J connectivity index is 1.55. The Bertz CT molecular complexity index is 2410. The molecule has 0 spiro atoms. The van der Waals surface area contributed by atoms with Crippen molar-refractivity contribution in [2.45, 2.75) is 13.1 Å². The lowest BCUT2D eigenvalue weighted by atomic mass is 9.83. The molecule has 0 nitrogen and oxygen atoms in total. The molecule has 8 aromatic carbocycles. The van der Waals surface area contributed by atoms with Crippen LogP contribution in [0.3, 0.4) is 0 Å². The van der Waals surface area contributed by atoms with E-state index >= 15 is 0 Å². The van der Waals surface area contributed by atoms with Gasteiger partial charge in [0.05, 0.1) is 5.56 Å². The first kappa shape index (κ1) is 27.2. The largest absolute Gasteiger partial charge is 0.416 e. The second-order valence-corrected chi connectivity index (χ2v) is 11.7. The first-order valence-corrected chi connectivity index (χ1v) is 15.0. The van der Waals surface area contributed by atoms with Crippen molar-refractivity contribution in [1.82, 2.24) is 0 Å². The van der Waals surface area contributed by atoms with Crippen LogP contribution in [-0.2, 0) is 6.18 Å². The highest BCUT2D eigenvalue weighted by atomic mass is 19.4. The molecule has 0 N–H and O–H groups in total. The van der Waals surface area contributed by atoms with Gasteiger partial charge in [0.15, 0.2) is 0 Å². The van der Waals surface area contributed by atoms with E-state index < -0.39 is 11.7 Å². The monoisotopic (exact) mass is 588 g/mol. The average Bonchev–Trinajstić information content (AvgIpc) is 3.06. The number of benzene rings is 8. The maximum absolute atomic E-state index is 14.0. The second-order valence-electron chi connectivity index (χ2n) is 11.7. The number of aryl methyl sites for hydroxylation is 1. The summed E-state index contributed by atoms with van der Waals surface area (Å²) in [6.07, 6.45) is -4.45. The fraction of sp³-hybridized carbons (Fsp3) is 0.0476. The molecule has 0 aliphatic rings. The highest BCUT2D eigenvalue weighted by molar-refractivity contribution is 6.26. The van der Waals surface area contributed by atoms with Crippen molar-refractivity contribution in [1.29, 1.82) is 0 Å². The van der Waals surface area contributed by atoms with Gasteiger partial charge < -0.3 is 0 Å². The lowest BCUT2D eigenvalue weighted by Gasteiger charge is -2.21. The van der Waals surface area contributed by atoms with Crippen molar-refractivity contribution in [2.75, 3.05) is 0 Å². The zero-order valence-corrected chi connectivity index (χ0v) is 24.5. The molecule has 0 saturated carbocycles. The topological polar surface area (TPSA) is 0 Å². The zero-order chi connectivity index (χ0) is 30.7. The molecule has 0 aromatic heterocycles. The average molecular weight is 589 g/mol. The smallest absolute Gasteiger partial charge is 0.166 e. The molecule has 0 atom stereocenters. The Morgan fingerprint density at radius 2 is 1.00 bits per heavy atom. The first-order valence-electron chi connectivity index (χ1n) is 15.0. The Hall–Kier alpha value is -5.41. The molecule has 3 heteroatoms. The highest BCUT2D eigenvalue weighted by Gasteiger charge is 2.31. The molecule has 0 heterocycles. The lowest BCUT2D eigenvalue weighted by molar-refractivity contribution is -0.137. The predicted octanol–water partition coefficient (Wildman–Crippen LogP) is 12.6. The number of rotatable bonds is 3. The summed E-state index contributed by atoms with van der Waals surface area (Å²) in [4.78, 5) is 0. The van der Waals surface area contributed by atoms with E-state index in [1.165, 1.54) is 28.5 Å². The summed E-state index contributed by atoms with van der Waals surface area (Å²) in [6.45, 7) is 2.06. The van der Waals surface area contributed by atoms with E-state index in [9.17, 15) is 13.2 Å². The summed E-state index contributed by atoms with van der Waals surface area (Å²) in [5.74, 6) is 0. The van der Waals surface area contributed by atoms with Crippen LogP contribution >= 0.6 is 0 Å². The molecule has 216 valence electrons. The normalized spacial score (nSPS) is 12.0. The van der Waals surface area contributed by atoms with E-state index in [2.05, 4.69) is 110 Å². The summed E-state index contributed by atoms with van der Waals surface area (Å²) in [5.41, 5.74) is 6.11. The standard InChI is InChI=1S/C42H27F3/c1-26-17-19-27(20-18-26)28-21-22-37-39(24-28)40(30-10-8-11-31(23-30)42(43,44)45)35-15-6-7-16-36(35)41(37)38-25-29-9-2-3-12-32(29)33-13-4-5-14-34(33)38/h2-25H,1H3. The van der Waals surface area contributed by atoms with Crippen LogP contribution in [0.4, 0.5) is 13.2 Å². The van der Waals surface area contributed by atoms with Crippen LogP contribution in [-0.4, -0.2) is 0 Å². The van der Waals surface area contributed by atoms with Gasteiger partial charge in [-0.2, -0.15) is 13.2 Å². The van der Waals surface area contributed by atoms with E-state index in [-0.39, 0.29) is 0 Å². The van der Waals surface area contributed by atoms with Crippen LogP contribution in [0.15, 0.2) is 146 Å². The molecule has 0 aliphatic carbocycles. The van der Waals surface area contributed by atoms with Gasteiger partial charge in [-0.3, -0.25) is 0 Å². The highest BCUT2D eigenvalue weighted by Crippen LogP contribution is 2.48. The van der Waals surface area contributed by atoms with E-state index in [0.717, 1.165) is 66.2 Å². The molecule has 45 heavy (non-hydrogen) atoms. The number of hydrogen-bond acceptors (Lipinski definition) is 0. The van der Waals surface area contributed by atoms with Crippen LogP contribution < -0.4 is 0 Å². The van der Waals surface area contributed by atoms with Crippen molar-refractivity contribution in [3.8, 4) is 33.4 Å². The fourth-order valence-corrected chi connectivity index (χ4v) is 6.82. The fourth-order valence-electron chi connectivity index (χ4n) is 6.82. The summed E-state index contributed by atoms with van der Waals surface area (Å²) in [6, 6.07) is 47.8. The third kappa shape index (κ3) is 4.55. The Morgan fingerprint density at radius 3 is 1.73 bits per heavy atom. The third-order valence-corrected chi connectivity index (χ3v) is 8.92. The number of hydrogen-bond donors (Lipinski definition) is 0. The van der Waals surface area contributed by atoms with Gasteiger partial charge >= 0.3 is 6.18 Å². The molecule has 0 aliphatic heterocycles. The van der Waals surface area contributed by atoms with E-state index in [1.807, 2.05) is 18.2 Å². The van der Waals surface area contributed by atoms with Gasteiger partial charge in [-0.25, -0.2) is 0 Å². The van der Waals surface area contributed by atoms with Gasteiger partial charge in [-0.05, 0) is 108 Å². The molecule has 0 bridgehead atoms. The minimum atomic E-state index is -4.45. The molecular weight excluding hydrogens is 561 g/mol. The summed E-state index contributed by atoms with van der Waals surface area (Å²) in [7, 11) is 0. The number of fused-ring (bicyclic) bond motifs is 5. The third-order valence-electron chi connectivity index (χ3n) is 8.92. The van der Waals surface area contributed by atoms with Crippen LogP contribution in [0.5, 0.6) is 0 Å². The quantitative estimate of drug-likeness (QED) is 0.142. The van der Waals surface area contributed by atoms with Crippen molar-refractivity contribution in [3.63, 3.8) is 0 Å². The van der Waals surface area contributed by atoms with Crippen LogP contribution in [0, 0.1) is 6.92 Å². The van der Waals surface area contributed by atoms with Crippen LogP contribution in [0.1, 0.15) is 11.1 Å². The van der Waals surface area contributed by atoms with Crippen molar-refractivity contribution in [3.05, 3.63) is 157 Å². The zero-order valence-electron chi connectivity index (χ0n) is 24.5. The lowest BCUT2D eigenvalue weighted by Crippen LogP contribution is -2.04. The molecule has 8 rings (SSSR count). The predicted molar refractivity (Wildman–Crippen MR) is 183 cm³/mol. The van der Waals surface area contributed by atoms with E-state index in [0.29, 0.717) is 5.56 Å².